The summed E-state index contributed by atoms with van der Waals surface area (Å²) in [6.45, 7) is 1.28. The number of anilines is 1. The summed E-state index contributed by atoms with van der Waals surface area (Å²) < 4.78 is 2.05. The molecule has 8 heteroatoms. The van der Waals surface area contributed by atoms with Gasteiger partial charge in [-0.15, -0.1) is 0 Å². The number of carboxylic acid groups (broad SMARTS) is 1. The number of carbonyl (C=O) groups is 2. The predicted molar refractivity (Wildman–Crippen MR) is 149 cm³/mol. The first-order valence-electron chi connectivity index (χ1n) is 12.0. The Bertz CT molecular complexity index is 1330. The average molecular weight is 515 g/mol. The molecule has 0 radical (unpaired) electrons. The molecular formula is C29H30N4O3S. The molecule has 37 heavy (non-hydrogen) atoms. The van der Waals surface area contributed by atoms with Gasteiger partial charge in [0.05, 0.1) is 18.6 Å². The van der Waals surface area contributed by atoms with E-state index in [0.29, 0.717) is 24.3 Å². The molecule has 3 aromatic carbocycles. The molecule has 7 nitrogen and oxygen atoms in total. The van der Waals surface area contributed by atoms with Crippen molar-refractivity contribution in [1.29, 1.82) is 0 Å². The predicted octanol–water partition coefficient (Wildman–Crippen LogP) is 5.15. The Labute approximate surface area is 221 Å². The molecule has 0 unspecified atom stereocenters. The molecule has 4 aromatic rings. The highest BCUT2D eigenvalue weighted by molar-refractivity contribution is 7.98. The van der Waals surface area contributed by atoms with Crippen molar-refractivity contribution >= 4 is 29.3 Å². The third kappa shape index (κ3) is 7.24. The first kappa shape index (κ1) is 26.0. The minimum absolute atomic E-state index is 0.361. The van der Waals surface area contributed by atoms with Crippen molar-refractivity contribution in [2.75, 3.05) is 17.3 Å². The lowest BCUT2D eigenvalue weighted by Crippen LogP contribution is -2.41. The summed E-state index contributed by atoms with van der Waals surface area (Å²) >= 11 is 1.55. The van der Waals surface area contributed by atoms with Gasteiger partial charge in [0.1, 0.15) is 6.04 Å². The van der Waals surface area contributed by atoms with Gasteiger partial charge in [-0.3, -0.25) is 4.79 Å². The highest BCUT2D eigenvalue weighted by atomic mass is 32.2. The van der Waals surface area contributed by atoms with Gasteiger partial charge in [0, 0.05) is 24.0 Å². The van der Waals surface area contributed by atoms with E-state index in [0.717, 1.165) is 29.1 Å². The van der Waals surface area contributed by atoms with E-state index < -0.39 is 17.9 Å². The number of carboxylic acids is 1. The van der Waals surface area contributed by atoms with E-state index >= 15 is 0 Å². The summed E-state index contributed by atoms with van der Waals surface area (Å²) in [6, 6.07) is 24.4. The van der Waals surface area contributed by atoms with Crippen LogP contribution in [0.4, 0.5) is 5.69 Å². The fraction of sp³-hybridized carbons (Fsp3) is 0.207. The molecule has 4 rings (SSSR count). The number of amides is 1. The smallest absolute Gasteiger partial charge is 0.326 e. The minimum Gasteiger partial charge on any atom is -0.480 e. The number of aliphatic carboxylic acids is 1. The fourth-order valence-corrected chi connectivity index (χ4v) is 4.48. The van der Waals surface area contributed by atoms with Gasteiger partial charge >= 0.3 is 5.97 Å². The second-order valence-electron chi connectivity index (χ2n) is 8.65. The van der Waals surface area contributed by atoms with E-state index in [1.807, 2.05) is 84.0 Å². The number of rotatable bonds is 12. The van der Waals surface area contributed by atoms with Gasteiger partial charge in [-0.05, 0) is 53.3 Å². The number of imidazole rings is 1. The standard InChI is InChI=1S/C29H30N4O3S/c1-37-15-14-27(29(35)36)32-28(34)25-13-12-23(16-26(25)22-10-6-3-7-11-22)30-17-24-19-33(20-31-24)18-21-8-4-2-5-9-21/h2-13,16,19-20,27,30H,14-15,17-18H2,1H3,(H,32,34)(H,35,36)/t27-/m0/s1. The van der Waals surface area contributed by atoms with Crippen LogP contribution in [0.2, 0.25) is 0 Å². The lowest BCUT2D eigenvalue weighted by Gasteiger charge is -2.17. The normalized spacial score (nSPS) is 11.6. The molecule has 0 fully saturated rings. The molecule has 1 atom stereocenters. The van der Waals surface area contributed by atoms with E-state index in [-0.39, 0.29) is 0 Å². The van der Waals surface area contributed by atoms with E-state index in [1.165, 1.54) is 5.56 Å². The molecular weight excluding hydrogens is 484 g/mol. The summed E-state index contributed by atoms with van der Waals surface area (Å²) in [6.07, 6.45) is 6.11. The van der Waals surface area contributed by atoms with Crippen molar-refractivity contribution in [2.24, 2.45) is 0 Å². The Kier molecular flexibility index (Phi) is 8.99. The highest BCUT2D eigenvalue weighted by Gasteiger charge is 2.22. The number of thioether (sulfide) groups is 1. The second kappa shape index (κ2) is 12.8. The molecule has 1 heterocycles. The van der Waals surface area contributed by atoms with Crippen molar-refractivity contribution in [3.63, 3.8) is 0 Å². The largest absolute Gasteiger partial charge is 0.480 e. The zero-order valence-corrected chi connectivity index (χ0v) is 21.4. The molecule has 190 valence electrons. The molecule has 1 amide bonds. The van der Waals surface area contributed by atoms with Gasteiger partial charge in [-0.1, -0.05) is 60.7 Å². The Hall–Kier alpha value is -4.04. The van der Waals surface area contributed by atoms with Crippen molar-refractivity contribution in [3.8, 4) is 11.1 Å². The van der Waals surface area contributed by atoms with Crippen LogP contribution >= 0.6 is 11.8 Å². The number of hydrogen-bond donors (Lipinski definition) is 3. The zero-order chi connectivity index (χ0) is 26.0. The van der Waals surface area contributed by atoms with Crippen LogP contribution in [0.25, 0.3) is 11.1 Å². The van der Waals surface area contributed by atoms with E-state index in [4.69, 9.17) is 0 Å². The average Bonchev–Trinajstić information content (AvgIpc) is 3.37. The Morgan fingerprint density at radius 1 is 1.03 bits per heavy atom. The van der Waals surface area contributed by atoms with Crippen molar-refractivity contribution in [2.45, 2.75) is 25.6 Å². The third-order valence-corrected chi connectivity index (χ3v) is 6.58. The Morgan fingerprint density at radius 3 is 2.46 bits per heavy atom. The number of benzene rings is 3. The maximum Gasteiger partial charge on any atom is 0.326 e. The second-order valence-corrected chi connectivity index (χ2v) is 9.63. The monoisotopic (exact) mass is 514 g/mol. The third-order valence-electron chi connectivity index (χ3n) is 5.93. The molecule has 0 aliphatic heterocycles. The maximum atomic E-state index is 13.1. The Balaban J connectivity index is 1.50. The van der Waals surface area contributed by atoms with E-state index in [9.17, 15) is 14.7 Å². The topological polar surface area (TPSA) is 96.3 Å². The van der Waals surface area contributed by atoms with E-state index in [2.05, 4.69) is 27.8 Å². The van der Waals surface area contributed by atoms with Crippen molar-refractivity contribution in [3.05, 3.63) is 108 Å². The van der Waals surface area contributed by atoms with Crippen molar-refractivity contribution < 1.29 is 14.7 Å². The summed E-state index contributed by atoms with van der Waals surface area (Å²) in [5.41, 5.74) is 4.98. The Morgan fingerprint density at radius 2 is 1.76 bits per heavy atom. The van der Waals surface area contributed by atoms with Gasteiger partial charge in [0.2, 0.25) is 0 Å². The first-order chi connectivity index (χ1) is 18.0. The molecule has 0 aliphatic rings. The molecule has 0 saturated carbocycles. The first-order valence-corrected chi connectivity index (χ1v) is 13.4. The van der Waals surface area contributed by atoms with Gasteiger partial charge in [0.15, 0.2) is 0 Å². The van der Waals surface area contributed by atoms with Crippen LogP contribution in [0, 0.1) is 0 Å². The minimum atomic E-state index is -1.03. The lowest BCUT2D eigenvalue weighted by molar-refractivity contribution is -0.139. The summed E-state index contributed by atoms with van der Waals surface area (Å²) in [5, 5.41) is 15.6. The van der Waals surface area contributed by atoms with Crippen LogP contribution in [-0.4, -0.2) is 44.6 Å². The summed E-state index contributed by atoms with van der Waals surface area (Å²) in [7, 11) is 0. The molecule has 0 bridgehead atoms. The molecule has 1 aromatic heterocycles. The fourth-order valence-electron chi connectivity index (χ4n) is 4.01. The van der Waals surface area contributed by atoms with Crippen LogP contribution in [-0.2, 0) is 17.9 Å². The number of nitrogens with zero attached hydrogens (tertiary/aromatic N) is 2. The van der Waals surface area contributed by atoms with Crippen LogP contribution in [0.1, 0.15) is 28.0 Å². The maximum absolute atomic E-state index is 13.1. The van der Waals surface area contributed by atoms with Crippen LogP contribution in [0.15, 0.2) is 91.4 Å². The number of hydrogen-bond acceptors (Lipinski definition) is 5. The SMILES string of the molecule is CSCC[C@H](NC(=O)c1ccc(NCc2cn(Cc3ccccc3)cn2)cc1-c1ccccc1)C(=O)O. The molecule has 3 N–H and O–H groups in total. The molecule has 0 saturated heterocycles. The quantitative estimate of drug-likeness (QED) is 0.242. The summed E-state index contributed by atoms with van der Waals surface area (Å²) in [4.78, 5) is 29.3. The van der Waals surface area contributed by atoms with Crippen LogP contribution in [0.3, 0.4) is 0 Å². The lowest BCUT2D eigenvalue weighted by atomic mass is 9.98. The zero-order valence-electron chi connectivity index (χ0n) is 20.6. The van der Waals surface area contributed by atoms with Crippen molar-refractivity contribution in [1.82, 2.24) is 14.9 Å². The van der Waals surface area contributed by atoms with Gasteiger partial charge in [-0.25, -0.2) is 9.78 Å². The molecule has 0 spiro atoms. The molecule has 0 aliphatic carbocycles. The summed E-state index contributed by atoms with van der Waals surface area (Å²) in [5.74, 6) is -0.792. The number of aromatic nitrogens is 2. The van der Waals surface area contributed by atoms with Crippen LogP contribution in [0.5, 0.6) is 0 Å². The van der Waals surface area contributed by atoms with Gasteiger partial charge in [0.25, 0.3) is 5.91 Å². The van der Waals surface area contributed by atoms with Crippen LogP contribution < -0.4 is 10.6 Å². The number of nitrogens with one attached hydrogen (secondary N) is 2. The van der Waals surface area contributed by atoms with Gasteiger partial charge in [-0.2, -0.15) is 11.8 Å². The highest BCUT2D eigenvalue weighted by Crippen LogP contribution is 2.27. The van der Waals surface area contributed by atoms with E-state index in [1.54, 1.807) is 17.8 Å². The van der Waals surface area contributed by atoms with Gasteiger partial charge < -0.3 is 20.3 Å². The number of carbonyl (C=O) groups excluding carboxylic acids is 1.